The summed E-state index contributed by atoms with van der Waals surface area (Å²) in [4.78, 5) is 11.8. The van der Waals surface area contributed by atoms with E-state index in [0.717, 1.165) is 16.9 Å². The van der Waals surface area contributed by atoms with Crippen molar-refractivity contribution >= 4 is 34.6 Å². The lowest BCUT2D eigenvalue weighted by Crippen LogP contribution is -2.45. The first kappa shape index (κ1) is 16.8. The summed E-state index contributed by atoms with van der Waals surface area (Å²) < 4.78 is 0. The lowest BCUT2D eigenvalue weighted by atomic mass is 10.2. The summed E-state index contributed by atoms with van der Waals surface area (Å²) in [6.07, 6.45) is 0. The van der Waals surface area contributed by atoms with Crippen LogP contribution in [-0.2, 0) is 4.79 Å². The SMILES string of the molecule is Cc1ccc(NCC(=O)NNC(=S)Nc2ccccc2C)cc1. The van der Waals surface area contributed by atoms with Gasteiger partial charge in [0, 0.05) is 11.4 Å². The summed E-state index contributed by atoms with van der Waals surface area (Å²) in [6, 6.07) is 15.6. The van der Waals surface area contributed by atoms with Gasteiger partial charge in [-0.15, -0.1) is 0 Å². The van der Waals surface area contributed by atoms with Crippen LogP contribution in [0.4, 0.5) is 11.4 Å². The summed E-state index contributed by atoms with van der Waals surface area (Å²) >= 11 is 5.15. The van der Waals surface area contributed by atoms with Crippen molar-refractivity contribution in [3.63, 3.8) is 0 Å². The molecule has 1 amide bonds. The Morgan fingerprint density at radius 1 is 1.00 bits per heavy atom. The molecule has 0 bridgehead atoms. The Kier molecular flexibility index (Phi) is 5.94. The number of carbonyl (C=O) groups excluding carboxylic acids is 1. The molecule has 0 atom stereocenters. The Hall–Kier alpha value is -2.60. The third kappa shape index (κ3) is 5.60. The molecule has 0 radical (unpaired) electrons. The fraction of sp³-hybridized carbons (Fsp3) is 0.176. The lowest BCUT2D eigenvalue weighted by Gasteiger charge is -2.13. The van der Waals surface area contributed by atoms with Gasteiger partial charge in [0.1, 0.15) is 0 Å². The number of thiocarbonyl (C=S) groups is 1. The number of hydrogen-bond acceptors (Lipinski definition) is 3. The van der Waals surface area contributed by atoms with E-state index in [1.165, 1.54) is 5.56 Å². The van der Waals surface area contributed by atoms with Crippen molar-refractivity contribution in [1.82, 2.24) is 10.9 Å². The average Bonchev–Trinajstić information content (AvgIpc) is 2.54. The number of nitrogens with one attached hydrogen (secondary N) is 4. The summed E-state index contributed by atoms with van der Waals surface area (Å²) in [5, 5.41) is 6.41. The van der Waals surface area contributed by atoms with Gasteiger partial charge in [0.2, 0.25) is 0 Å². The molecule has 0 aromatic heterocycles. The van der Waals surface area contributed by atoms with E-state index in [9.17, 15) is 4.79 Å². The molecule has 5 nitrogen and oxygen atoms in total. The van der Waals surface area contributed by atoms with Gasteiger partial charge in [0.25, 0.3) is 5.91 Å². The van der Waals surface area contributed by atoms with Crippen LogP contribution < -0.4 is 21.5 Å². The lowest BCUT2D eigenvalue weighted by molar-refractivity contribution is -0.119. The molecule has 0 aliphatic rings. The van der Waals surface area contributed by atoms with E-state index in [2.05, 4.69) is 21.5 Å². The van der Waals surface area contributed by atoms with Crippen molar-refractivity contribution in [2.45, 2.75) is 13.8 Å². The molecular weight excluding hydrogens is 308 g/mol. The summed E-state index contributed by atoms with van der Waals surface area (Å²) in [5.41, 5.74) is 9.28. The third-order valence-corrected chi connectivity index (χ3v) is 3.42. The first-order valence-electron chi connectivity index (χ1n) is 7.26. The van der Waals surface area contributed by atoms with Crippen LogP contribution in [0.25, 0.3) is 0 Å². The van der Waals surface area contributed by atoms with Gasteiger partial charge in [-0.3, -0.25) is 15.6 Å². The maximum absolute atomic E-state index is 11.8. The van der Waals surface area contributed by atoms with Crippen LogP contribution in [0.3, 0.4) is 0 Å². The molecule has 0 saturated carbocycles. The predicted molar refractivity (Wildman–Crippen MR) is 98.3 cm³/mol. The molecule has 23 heavy (non-hydrogen) atoms. The van der Waals surface area contributed by atoms with Crippen LogP contribution in [0, 0.1) is 13.8 Å². The Morgan fingerprint density at radius 3 is 2.39 bits per heavy atom. The van der Waals surface area contributed by atoms with E-state index < -0.39 is 0 Å². The number of anilines is 2. The standard InChI is InChI=1S/C17H20N4OS/c1-12-7-9-14(10-8-12)18-11-16(22)20-21-17(23)19-15-6-4-3-5-13(15)2/h3-10,18H,11H2,1-2H3,(H,20,22)(H2,19,21,23). The zero-order chi connectivity index (χ0) is 16.7. The molecule has 0 fully saturated rings. The Balaban J connectivity index is 1.72. The summed E-state index contributed by atoms with van der Waals surface area (Å²) in [7, 11) is 0. The molecule has 0 saturated heterocycles. The Morgan fingerprint density at radius 2 is 1.70 bits per heavy atom. The molecule has 0 aliphatic carbocycles. The van der Waals surface area contributed by atoms with Crippen LogP contribution in [0.5, 0.6) is 0 Å². The first-order valence-corrected chi connectivity index (χ1v) is 7.67. The molecule has 0 aliphatic heterocycles. The van der Waals surface area contributed by atoms with E-state index in [1.54, 1.807) is 0 Å². The van der Waals surface area contributed by atoms with Crippen LogP contribution in [0.1, 0.15) is 11.1 Å². The number of benzene rings is 2. The molecule has 2 aromatic rings. The highest BCUT2D eigenvalue weighted by molar-refractivity contribution is 7.80. The second kappa shape index (κ2) is 8.14. The molecule has 6 heteroatoms. The minimum absolute atomic E-state index is 0.156. The molecule has 120 valence electrons. The monoisotopic (exact) mass is 328 g/mol. The number of rotatable bonds is 4. The van der Waals surface area contributed by atoms with Gasteiger partial charge < -0.3 is 10.6 Å². The van der Waals surface area contributed by atoms with Gasteiger partial charge >= 0.3 is 0 Å². The summed E-state index contributed by atoms with van der Waals surface area (Å²) in [6.45, 7) is 4.15. The zero-order valence-corrected chi connectivity index (χ0v) is 14.0. The number of hydrogen-bond donors (Lipinski definition) is 4. The van der Waals surface area contributed by atoms with E-state index in [4.69, 9.17) is 12.2 Å². The molecule has 4 N–H and O–H groups in total. The van der Waals surface area contributed by atoms with Gasteiger partial charge in [-0.1, -0.05) is 35.9 Å². The molecule has 2 aromatic carbocycles. The molecule has 0 spiro atoms. The number of amides is 1. The molecular formula is C17H20N4OS. The largest absolute Gasteiger partial charge is 0.376 e. The van der Waals surface area contributed by atoms with Crippen LogP contribution >= 0.6 is 12.2 Å². The second-order valence-corrected chi connectivity index (χ2v) is 5.57. The van der Waals surface area contributed by atoms with Gasteiger partial charge in [0.05, 0.1) is 6.54 Å². The number of carbonyl (C=O) groups is 1. The predicted octanol–water partition coefficient (Wildman–Crippen LogP) is 2.73. The minimum Gasteiger partial charge on any atom is -0.376 e. The van der Waals surface area contributed by atoms with Crippen LogP contribution in [0.2, 0.25) is 0 Å². The Labute approximate surface area is 141 Å². The number of para-hydroxylation sites is 1. The smallest absolute Gasteiger partial charge is 0.257 e. The zero-order valence-electron chi connectivity index (χ0n) is 13.1. The first-order chi connectivity index (χ1) is 11.0. The fourth-order valence-corrected chi connectivity index (χ4v) is 2.05. The third-order valence-electron chi connectivity index (χ3n) is 3.21. The summed E-state index contributed by atoms with van der Waals surface area (Å²) in [5.74, 6) is -0.209. The number of aryl methyl sites for hydroxylation is 2. The van der Waals surface area contributed by atoms with Crippen molar-refractivity contribution in [1.29, 1.82) is 0 Å². The molecule has 2 rings (SSSR count). The number of hydrazine groups is 1. The Bertz CT molecular complexity index is 685. The maximum atomic E-state index is 11.8. The quantitative estimate of drug-likeness (QED) is 0.513. The second-order valence-electron chi connectivity index (χ2n) is 5.16. The van der Waals surface area contributed by atoms with Crippen LogP contribution in [0.15, 0.2) is 48.5 Å². The maximum Gasteiger partial charge on any atom is 0.257 e. The van der Waals surface area contributed by atoms with E-state index >= 15 is 0 Å². The van der Waals surface area contributed by atoms with Gasteiger partial charge in [-0.05, 0) is 49.8 Å². The molecule has 0 unspecified atom stereocenters. The van der Waals surface area contributed by atoms with Crippen molar-refractivity contribution < 1.29 is 4.79 Å². The minimum atomic E-state index is -0.209. The highest BCUT2D eigenvalue weighted by Crippen LogP contribution is 2.12. The van der Waals surface area contributed by atoms with Crippen LogP contribution in [-0.4, -0.2) is 17.6 Å². The van der Waals surface area contributed by atoms with Crippen molar-refractivity contribution in [2.24, 2.45) is 0 Å². The van der Waals surface area contributed by atoms with Gasteiger partial charge in [0.15, 0.2) is 5.11 Å². The fourth-order valence-electron chi connectivity index (χ4n) is 1.89. The normalized spacial score (nSPS) is 9.83. The van der Waals surface area contributed by atoms with E-state index in [0.29, 0.717) is 5.11 Å². The van der Waals surface area contributed by atoms with E-state index in [-0.39, 0.29) is 12.5 Å². The van der Waals surface area contributed by atoms with Gasteiger partial charge in [-0.2, -0.15) is 0 Å². The molecule has 0 heterocycles. The highest BCUT2D eigenvalue weighted by Gasteiger charge is 2.03. The van der Waals surface area contributed by atoms with Crippen molar-refractivity contribution in [2.75, 3.05) is 17.2 Å². The topological polar surface area (TPSA) is 65.2 Å². The van der Waals surface area contributed by atoms with Crippen molar-refractivity contribution in [3.8, 4) is 0 Å². The van der Waals surface area contributed by atoms with Gasteiger partial charge in [-0.25, -0.2) is 0 Å². The average molecular weight is 328 g/mol. The van der Waals surface area contributed by atoms with E-state index in [1.807, 2.05) is 62.4 Å². The van der Waals surface area contributed by atoms with Crippen molar-refractivity contribution in [3.05, 3.63) is 59.7 Å². The highest BCUT2D eigenvalue weighted by atomic mass is 32.1.